The maximum Gasteiger partial charge on any atom is 0.191 e. The minimum Gasteiger partial charge on any atom is -0.497 e. The smallest absolute Gasteiger partial charge is 0.191 e. The molecule has 154 valence electrons. The van der Waals surface area contributed by atoms with Crippen molar-refractivity contribution in [2.75, 3.05) is 32.5 Å². The lowest BCUT2D eigenvalue weighted by molar-refractivity contribution is 0.242. The molecule has 0 unspecified atom stereocenters. The monoisotopic (exact) mass is 419 g/mol. The largest absolute Gasteiger partial charge is 0.497 e. The number of hydrogen-bond donors (Lipinski definition) is 0. The highest BCUT2D eigenvalue weighted by Crippen LogP contribution is 2.27. The van der Waals surface area contributed by atoms with Crippen LogP contribution in [0.1, 0.15) is 19.3 Å². The molecule has 2 aromatic heterocycles. The van der Waals surface area contributed by atoms with Gasteiger partial charge in [0.2, 0.25) is 0 Å². The zero-order valence-electron chi connectivity index (χ0n) is 17.1. The summed E-state index contributed by atoms with van der Waals surface area (Å²) < 4.78 is 7.18. The molecule has 0 atom stereocenters. The summed E-state index contributed by atoms with van der Waals surface area (Å²) in [5, 5.41) is 6.74. The lowest BCUT2D eigenvalue weighted by Gasteiger charge is -2.25. The van der Waals surface area contributed by atoms with E-state index in [0.717, 1.165) is 45.3 Å². The Kier molecular flexibility index (Phi) is 5.55. The first-order chi connectivity index (χ1) is 14.8. The first-order valence-electron chi connectivity index (χ1n) is 10.5. The van der Waals surface area contributed by atoms with Crippen LogP contribution in [0.15, 0.2) is 53.7 Å². The number of fused-ring (bicyclic) bond motifs is 3. The predicted molar refractivity (Wildman–Crippen MR) is 121 cm³/mol. The van der Waals surface area contributed by atoms with Crippen molar-refractivity contribution in [3.05, 3.63) is 48.5 Å². The molecule has 0 amide bonds. The normalized spacial score (nSPS) is 15.1. The van der Waals surface area contributed by atoms with E-state index in [4.69, 9.17) is 19.8 Å². The van der Waals surface area contributed by atoms with E-state index < -0.39 is 0 Å². The van der Waals surface area contributed by atoms with Gasteiger partial charge in [-0.15, -0.1) is 5.10 Å². The van der Waals surface area contributed by atoms with E-state index >= 15 is 0 Å². The first-order valence-corrected chi connectivity index (χ1v) is 11.5. The van der Waals surface area contributed by atoms with Gasteiger partial charge in [0.05, 0.1) is 12.6 Å². The van der Waals surface area contributed by atoms with E-state index in [1.807, 2.05) is 47.0 Å². The molecule has 7 heteroatoms. The Morgan fingerprint density at radius 2 is 1.77 bits per heavy atom. The van der Waals surface area contributed by atoms with Gasteiger partial charge in [-0.3, -0.25) is 0 Å². The molecule has 6 nitrogen and oxygen atoms in total. The van der Waals surface area contributed by atoms with Crippen LogP contribution in [0, 0.1) is 0 Å². The minimum atomic E-state index is 0.702. The van der Waals surface area contributed by atoms with E-state index in [-0.39, 0.29) is 0 Å². The van der Waals surface area contributed by atoms with Crippen molar-refractivity contribution in [2.24, 2.45) is 0 Å². The van der Waals surface area contributed by atoms with E-state index in [2.05, 4.69) is 11.0 Å². The zero-order valence-corrected chi connectivity index (χ0v) is 17.9. The summed E-state index contributed by atoms with van der Waals surface area (Å²) in [5.41, 5.74) is 2.78. The fourth-order valence-electron chi connectivity index (χ4n) is 3.94. The molecule has 1 saturated heterocycles. The topological polar surface area (TPSA) is 55.6 Å². The SMILES string of the molecule is COc1ccc(-c2nc3c4ccccc4nc(SCCN4CCCCC4)n3n2)cc1. The Bertz CT molecular complexity index is 1150. The third kappa shape index (κ3) is 3.87. The summed E-state index contributed by atoms with van der Waals surface area (Å²) in [4.78, 5) is 12.3. The Morgan fingerprint density at radius 1 is 0.967 bits per heavy atom. The van der Waals surface area contributed by atoms with Crippen LogP contribution in [0.2, 0.25) is 0 Å². The Morgan fingerprint density at radius 3 is 2.57 bits per heavy atom. The Balaban J connectivity index is 1.49. The highest BCUT2D eigenvalue weighted by atomic mass is 32.2. The molecule has 0 saturated carbocycles. The van der Waals surface area contributed by atoms with Crippen LogP contribution in [0.4, 0.5) is 0 Å². The van der Waals surface area contributed by atoms with E-state index in [1.165, 1.54) is 32.4 Å². The summed E-state index contributed by atoms with van der Waals surface area (Å²) in [6, 6.07) is 16.0. The number of likely N-dealkylation sites (tertiary alicyclic amines) is 1. The summed E-state index contributed by atoms with van der Waals surface area (Å²) >= 11 is 1.76. The highest BCUT2D eigenvalue weighted by molar-refractivity contribution is 7.99. The second-order valence-electron chi connectivity index (χ2n) is 7.56. The number of benzene rings is 2. The average molecular weight is 420 g/mol. The summed E-state index contributed by atoms with van der Waals surface area (Å²) in [6.07, 6.45) is 4.00. The molecule has 3 heterocycles. The van der Waals surface area contributed by atoms with Crippen LogP contribution in [0.5, 0.6) is 5.75 Å². The van der Waals surface area contributed by atoms with Gasteiger partial charge in [-0.2, -0.15) is 4.52 Å². The van der Waals surface area contributed by atoms with Gasteiger partial charge in [-0.1, -0.05) is 30.3 Å². The molecular formula is C23H25N5OS. The highest BCUT2D eigenvalue weighted by Gasteiger charge is 2.16. The van der Waals surface area contributed by atoms with Gasteiger partial charge in [0.1, 0.15) is 5.75 Å². The molecule has 0 N–H and O–H groups in total. The Hall–Kier alpha value is -2.64. The molecule has 5 rings (SSSR count). The van der Waals surface area contributed by atoms with Crippen LogP contribution in [-0.4, -0.2) is 57.0 Å². The van der Waals surface area contributed by atoms with E-state index in [9.17, 15) is 0 Å². The molecule has 1 fully saturated rings. The van der Waals surface area contributed by atoms with Crippen LogP contribution in [-0.2, 0) is 0 Å². The summed E-state index contributed by atoms with van der Waals surface area (Å²) in [7, 11) is 1.67. The maximum absolute atomic E-state index is 5.27. The van der Waals surface area contributed by atoms with Crippen molar-refractivity contribution in [1.29, 1.82) is 0 Å². The van der Waals surface area contributed by atoms with Crippen LogP contribution < -0.4 is 4.74 Å². The molecule has 0 bridgehead atoms. The summed E-state index contributed by atoms with van der Waals surface area (Å²) in [5.74, 6) is 2.52. The van der Waals surface area contributed by atoms with Gasteiger partial charge in [0.25, 0.3) is 0 Å². The number of rotatable bonds is 6. The number of aromatic nitrogens is 4. The molecule has 30 heavy (non-hydrogen) atoms. The van der Waals surface area contributed by atoms with Crippen LogP contribution in [0.25, 0.3) is 27.9 Å². The van der Waals surface area contributed by atoms with Crippen LogP contribution in [0.3, 0.4) is 0 Å². The first kappa shape index (κ1) is 19.3. The van der Waals surface area contributed by atoms with E-state index in [0.29, 0.717) is 5.82 Å². The standard InChI is InChI=1S/C23H25N5OS/c1-29-18-11-9-17(10-12-18)21-25-22-19-7-3-4-8-20(19)24-23(28(22)26-21)30-16-15-27-13-5-2-6-14-27/h3-4,7-12H,2,5-6,13-16H2,1H3. The number of thioether (sulfide) groups is 1. The van der Waals surface area contributed by atoms with Crippen molar-refractivity contribution >= 4 is 28.3 Å². The van der Waals surface area contributed by atoms with Gasteiger partial charge in [-0.25, -0.2) is 9.97 Å². The van der Waals surface area contributed by atoms with Crippen LogP contribution >= 0.6 is 11.8 Å². The quantitative estimate of drug-likeness (QED) is 0.338. The molecule has 2 aromatic carbocycles. The molecular weight excluding hydrogens is 394 g/mol. The number of ether oxygens (including phenoxy) is 1. The number of methoxy groups -OCH3 is 1. The molecule has 1 aliphatic heterocycles. The van der Waals surface area contributed by atoms with Gasteiger partial charge in [-0.05, 0) is 62.3 Å². The third-order valence-electron chi connectivity index (χ3n) is 5.58. The van der Waals surface area contributed by atoms with Gasteiger partial charge in [0, 0.05) is 23.2 Å². The van der Waals surface area contributed by atoms with Crippen molar-refractivity contribution in [3.63, 3.8) is 0 Å². The summed E-state index contributed by atoms with van der Waals surface area (Å²) in [6.45, 7) is 3.51. The fourth-order valence-corrected chi connectivity index (χ4v) is 4.88. The number of nitrogens with zero attached hydrogens (tertiary/aromatic N) is 5. The predicted octanol–water partition coefficient (Wildman–Crippen LogP) is 4.53. The lowest BCUT2D eigenvalue weighted by Crippen LogP contribution is -2.31. The number of hydrogen-bond acceptors (Lipinski definition) is 6. The zero-order chi connectivity index (χ0) is 20.3. The number of piperidine rings is 1. The van der Waals surface area contributed by atoms with Gasteiger partial charge < -0.3 is 9.64 Å². The third-order valence-corrected chi connectivity index (χ3v) is 6.49. The lowest BCUT2D eigenvalue weighted by atomic mass is 10.1. The van der Waals surface area contributed by atoms with Crippen molar-refractivity contribution < 1.29 is 4.74 Å². The van der Waals surface area contributed by atoms with Gasteiger partial charge in [0.15, 0.2) is 16.6 Å². The van der Waals surface area contributed by atoms with E-state index in [1.54, 1.807) is 18.9 Å². The number of para-hydroxylation sites is 1. The average Bonchev–Trinajstić information content (AvgIpc) is 3.26. The minimum absolute atomic E-state index is 0.702. The second-order valence-corrected chi connectivity index (χ2v) is 8.62. The Labute approximate surface area is 180 Å². The van der Waals surface area contributed by atoms with Crippen molar-refractivity contribution in [3.8, 4) is 17.1 Å². The molecule has 0 aliphatic carbocycles. The molecule has 1 aliphatic rings. The fraction of sp³-hybridized carbons (Fsp3) is 0.348. The van der Waals surface area contributed by atoms with Crippen molar-refractivity contribution in [1.82, 2.24) is 24.5 Å². The second kappa shape index (κ2) is 8.62. The van der Waals surface area contributed by atoms with Crippen molar-refractivity contribution in [2.45, 2.75) is 24.4 Å². The molecule has 0 spiro atoms. The molecule has 4 aromatic rings. The maximum atomic E-state index is 5.27. The van der Waals surface area contributed by atoms with Gasteiger partial charge >= 0.3 is 0 Å². The molecule has 0 radical (unpaired) electrons.